The summed E-state index contributed by atoms with van der Waals surface area (Å²) in [5.74, 6) is 2.28. The lowest BCUT2D eigenvalue weighted by Gasteiger charge is -2.34. The van der Waals surface area contributed by atoms with Crippen LogP contribution < -0.4 is 14.4 Å². The number of imidazole rings is 1. The Morgan fingerprint density at radius 3 is 2.25 bits per heavy atom. The molecule has 0 radical (unpaired) electrons. The van der Waals surface area contributed by atoms with Crippen LogP contribution in [-0.4, -0.2) is 72.6 Å². The number of aryl methyl sites for hydroxylation is 1. The van der Waals surface area contributed by atoms with Gasteiger partial charge >= 0.3 is 0 Å². The zero-order chi connectivity index (χ0) is 22.9. The Morgan fingerprint density at radius 2 is 1.62 bits per heavy atom. The minimum Gasteiger partial charge on any atom is -0.497 e. The number of sulfonamides is 1. The Labute approximate surface area is 187 Å². The van der Waals surface area contributed by atoms with E-state index in [1.165, 1.54) is 30.9 Å². The lowest BCUT2D eigenvalue weighted by Crippen LogP contribution is -2.49. The zero-order valence-electron chi connectivity index (χ0n) is 18.5. The van der Waals surface area contributed by atoms with Crippen molar-refractivity contribution in [1.82, 2.24) is 23.8 Å². The Bertz CT molecular complexity index is 1220. The average Bonchev–Trinajstić information content (AvgIpc) is 3.16. The van der Waals surface area contributed by atoms with Crippen LogP contribution in [0.2, 0.25) is 0 Å². The maximum Gasteiger partial charge on any atom is 0.246 e. The maximum absolute atomic E-state index is 13.2. The summed E-state index contributed by atoms with van der Waals surface area (Å²) in [6, 6.07) is 6.61. The van der Waals surface area contributed by atoms with Gasteiger partial charge in [0.25, 0.3) is 0 Å². The summed E-state index contributed by atoms with van der Waals surface area (Å²) in [4.78, 5) is 15.3. The predicted molar refractivity (Wildman–Crippen MR) is 119 cm³/mol. The number of rotatable bonds is 6. The molecule has 32 heavy (non-hydrogen) atoms. The number of anilines is 1. The summed E-state index contributed by atoms with van der Waals surface area (Å²) in [6.07, 6.45) is 3.26. The molecular weight excluding hydrogens is 432 g/mol. The second kappa shape index (κ2) is 8.75. The van der Waals surface area contributed by atoms with Gasteiger partial charge in [0.15, 0.2) is 0 Å². The number of nitrogens with zero attached hydrogens (tertiary/aromatic N) is 6. The van der Waals surface area contributed by atoms with Gasteiger partial charge in [-0.2, -0.15) is 4.31 Å². The molecule has 0 aliphatic carbocycles. The Hall–Kier alpha value is -3.18. The molecule has 1 aliphatic heterocycles. The van der Waals surface area contributed by atoms with E-state index in [1.807, 2.05) is 24.5 Å². The predicted octanol–water partition coefficient (Wildman–Crippen LogP) is 1.81. The number of methoxy groups -OCH3 is 2. The minimum absolute atomic E-state index is 0.129. The molecule has 1 aromatic carbocycles. The number of ether oxygens (including phenoxy) is 2. The van der Waals surface area contributed by atoms with Gasteiger partial charge in [0.2, 0.25) is 10.0 Å². The monoisotopic (exact) mass is 458 g/mol. The van der Waals surface area contributed by atoms with Gasteiger partial charge in [-0.05, 0) is 26.0 Å². The van der Waals surface area contributed by atoms with E-state index in [0.29, 0.717) is 31.9 Å². The van der Waals surface area contributed by atoms with Gasteiger partial charge in [0.05, 0.1) is 19.9 Å². The summed E-state index contributed by atoms with van der Waals surface area (Å²) in [6.45, 7) is 5.62. The molecule has 3 heterocycles. The number of piperazine rings is 1. The molecule has 3 aromatic rings. The molecule has 10 nitrogen and oxygen atoms in total. The van der Waals surface area contributed by atoms with Crippen molar-refractivity contribution in [1.29, 1.82) is 0 Å². The molecule has 1 aliphatic rings. The van der Waals surface area contributed by atoms with E-state index in [2.05, 4.69) is 19.9 Å². The highest BCUT2D eigenvalue weighted by Crippen LogP contribution is 2.31. The second-order valence-corrected chi connectivity index (χ2v) is 9.33. The molecule has 0 amide bonds. The molecule has 0 bridgehead atoms. The fourth-order valence-corrected chi connectivity index (χ4v) is 5.21. The number of hydrogen-bond acceptors (Lipinski definition) is 8. The van der Waals surface area contributed by atoms with Gasteiger partial charge in [-0.15, -0.1) is 0 Å². The Kier molecular flexibility index (Phi) is 6.02. The van der Waals surface area contributed by atoms with Crippen LogP contribution in [0.5, 0.6) is 11.5 Å². The first-order valence-corrected chi connectivity index (χ1v) is 11.6. The lowest BCUT2D eigenvalue weighted by atomic mass is 10.3. The quantitative estimate of drug-likeness (QED) is 0.551. The Balaban J connectivity index is 1.51. The first-order valence-electron chi connectivity index (χ1n) is 10.1. The zero-order valence-corrected chi connectivity index (χ0v) is 19.3. The van der Waals surface area contributed by atoms with Crippen LogP contribution in [0, 0.1) is 13.8 Å². The molecule has 0 unspecified atom stereocenters. The van der Waals surface area contributed by atoms with E-state index >= 15 is 0 Å². The molecule has 1 fully saturated rings. The molecule has 4 rings (SSSR count). The molecule has 2 aromatic heterocycles. The van der Waals surface area contributed by atoms with Crippen LogP contribution in [0.3, 0.4) is 0 Å². The normalized spacial score (nSPS) is 15.1. The van der Waals surface area contributed by atoms with E-state index in [-0.39, 0.29) is 10.6 Å². The highest BCUT2D eigenvalue weighted by molar-refractivity contribution is 7.89. The van der Waals surface area contributed by atoms with Gasteiger partial charge in [-0.3, -0.25) is 4.57 Å². The molecule has 0 saturated carbocycles. The Morgan fingerprint density at radius 1 is 0.906 bits per heavy atom. The third-order valence-corrected chi connectivity index (χ3v) is 7.63. The molecule has 0 spiro atoms. The smallest absolute Gasteiger partial charge is 0.246 e. The van der Waals surface area contributed by atoms with Crippen molar-refractivity contribution < 1.29 is 17.9 Å². The van der Waals surface area contributed by atoms with E-state index in [4.69, 9.17) is 9.47 Å². The van der Waals surface area contributed by atoms with Crippen molar-refractivity contribution in [3.63, 3.8) is 0 Å². The fourth-order valence-electron chi connectivity index (χ4n) is 3.66. The van der Waals surface area contributed by atoms with Crippen molar-refractivity contribution in [2.45, 2.75) is 18.7 Å². The minimum atomic E-state index is -3.71. The molecule has 0 atom stereocenters. The van der Waals surface area contributed by atoms with Crippen molar-refractivity contribution >= 4 is 15.8 Å². The average molecular weight is 459 g/mol. The summed E-state index contributed by atoms with van der Waals surface area (Å²) in [7, 11) is -0.738. The third kappa shape index (κ3) is 4.00. The first-order chi connectivity index (χ1) is 15.3. The maximum atomic E-state index is 13.2. The summed E-state index contributed by atoms with van der Waals surface area (Å²) in [5.41, 5.74) is 1.96. The second-order valence-electron chi connectivity index (χ2n) is 7.43. The molecule has 170 valence electrons. The molecule has 11 heteroatoms. The fraction of sp³-hybridized carbons (Fsp3) is 0.381. The molecule has 1 saturated heterocycles. The van der Waals surface area contributed by atoms with E-state index < -0.39 is 10.0 Å². The van der Waals surface area contributed by atoms with Crippen LogP contribution in [0.25, 0.3) is 5.82 Å². The van der Waals surface area contributed by atoms with Crippen LogP contribution in [-0.2, 0) is 10.0 Å². The van der Waals surface area contributed by atoms with E-state index in [9.17, 15) is 8.42 Å². The molecular formula is C21H26N6O4S. The standard InChI is InChI=1S/C21H26N6O4S/c1-15-16(2)27(14-24-15)21-12-20(22-13-23-21)25-7-9-26(10-8-25)32(28,29)19-6-5-17(30-3)11-18(19)31-4/h5-6,11-14H,7-10H2,1-4H3. The highest BCUT2D eigenvalue weighted by Gasteiger charge is 2.31. The van der Waals surface area contributed by atoms with Crippen molar-refractivity contribution in [2.24, 2.45) is 0 Å². The lowest BCUT2D eigenvalue weighted by molar-refractivity contribution is 0.369. The van der Waals surface area contributed by atoms with Crippen LogP contribution in [0.1, 0.15) is 11.4 Å². The van der Waals surface area contributed by atoms with Crippen LogP contribution >= 0.6 is 0 Å². The van der Waals surface area contributed by atoms with Crippen molar-refractivity contribution in [3.8, 4) is 17.3 Å². The van der Waals surface area contributed by atoms with Crippen molar-refractivity contribution in [3.05, 3.63) is 48.3 Å². The first kappa shape index (κ1) is 22.0. The summed E-state index contributed by atoms with van der Waals surface area (Å²) >= 11 is 0. The van der Waals surface area contributed by atoms with Gasteiger partial charge in [-0.25, -0.2) is 23.4 Å². The van der Waals surface area contributed by atoms with Gasteiger partial charge in [0.1, 0.15) is 40.7 Å². The van der Waals surface area contributed by atoms with E-state index in [0.717, 1.165) is 23.0 Å². The van der Waals surface area contributed by atoms with Gasteiger partial charge in [0, 0.05) is 44.0 Å². The van der Waals surface area contributed by atoms with Gasteiger partial charge in [-0.1, -0.05) is 0 Å². The van der Waals surface area contributed by atoms with Crippen LogP contribution in [0.15, 0.2) is 41.8 Å². The number of benzene rings is 1. The highest BCUT2D eigenvalue weighted by atomic mass is 32.2. The summed E-state index contributed by atoms with van der Waals surface area (Å²) < 4.78 is 40.3. The van der Waals surface area contributed by atoms with E-state index in [1.54, 1.807) is 18.5 Å². The number of aromatic nitrogens is 4. The van der Waals surface area contributed by atoms with Crippen LogP contribution in [0.4, 0.5) is 5.82 Å². The molecule has 0 N–H and O–H groups in total. The topological polar surface area (TPSA) is 103 Å². The SMILES string of the molecule is COc1ccc(S(=O)(=O)N2CCN(c3cc(-n4cnc(C)c4C)ncn3)CC2)c(OC)c1. The largest absolute Gasteiger partial charge is 0.497 e. The third-order valence-electron chi connectivity index (χ3n) is 5.69. The van der Waals surface area contributed by atoms with Gasteiger partial charge < -0.3 is 14.4 Å². The summed E-state index contributed by atoms with van der Waals surface area (Å²) in [5, 5.41) is 0. The number of hydrogen-bond donors (Lipinski definition) is 0. The van der Waals surface area contributed by atoms with Crippen molar-refractivity contribution in [2.75, 3.05) is 45.3 Å².